The van der Waals surface area contributed by atoms with Crippen molar-refractivity contribution in [3.05, 3.63) is 52.5 Å². The molecule has 1 aliphatic rings. The summed E-state index contributed by atoms with van der Waals surface area (Å²) in [6, 6.07) is 11.5. The predicted molar refractivity (Wildman–Crippen MR) is 133 cm³/mol. The van der Waals surface area contributed by atoms with Gasteiger partial charge in [0.15, 0.2) is 5.11 Å². The summed E-state index contributed by atoms with van der Waals surface area (Å²) in [7, 11) is -0.431. The van der Waals surface area contributed by atoms with Crippen molar-refractivity contribution in [2.75, 3.05) is 19.5 Å². The minimum Gasteiger partial charge on any atom is -0.496 e. The van der Waals surface area contributed by atoms with Crippen LogP contribution in [-0.2, 0) is 10.0 Å². The van der Waals surface area contributed by atoms with Gasteiger partial charge in [-0.15, -0.1) is 0 Å². The van der Waals surface area contributed by atoms with Crippen molar-refractivity contribution in [2.45, 2.75) is 43.0 Å². The third-order valence-electron chi connectivity index (χ3n) is 5.51. The molecular formula is C22H26BrN3O4S2. The third kappa shape index (κ3) is 5.86. The zero-order valence-electron chi connectivity index (χ0n) is 17.9. The molecule has 0 atom stereocenters. The van der Waals surface area contributed by atoms with Gasteiger partial charge >= 0.3 is 0 Å². The Morgan fingerprint density at radius 2 is 1.78 bits per heavy atom. The molecule has 3 rings (SSSR count). The van der Waals surface area contributed by atoms with Gasteiger partial charge < -0.3 is 10.1 Å². The van der Waals surface area contributed by atoms with Gasteiger partial charge in [0.25, 0.3) is 5.91 Å². The molecule has 2 aromatic carbocycles. The molecule has 0 saturated heterocycles. The molecule has 0 radical (unpaired) electrons. The molecule has 10 heteroatoms. The van der Waals surface area contributed by atoms with Crippen LogP contribution in [0.1, 0.15) is 42.5 Å². The minimum absolute atomic E-state index is 0.0457. The lowest BCUT2D eigenvalue weighted by Gasteiger charge is -2.30. The van der Waals surface area contributed by atoms with Gasteiger partial charge in [0.05, 0.1) is 17.6 Å². The Labute approximate surface area is 202 Å². The monoisotopic (exact) mass is 539 g/mol. The topological polar surface area (TPSA) is 87.7 Å². The molecule has 172 valence electrons. The van der Waals surface area contributed by atoms with Crippen LogP contribution in [0.15, 0.2) is 51.8 Å². The lowest BCUT2D eigenvalue weighted by Crippen LogP contribution is -2.38. The number of nitrogens with one attached hydrogen (secondary N) is 2. The van der Waals surface area contributed by atoms with Crippen molar-refractivity contribution in [2.24, 2.45) is 0 Å². The van der Waals surface area contributed by atoms with E-state index in [1.165, 1.54) is 11.4 Å². The number of anilines is 1. The fraction of sp³-hybridized carbons (Fsp3) is 0.364. The smallest absolute Gasteiger partial charge is 0.261 e. The molecule has 1 aliphatic carbocycles. The van der Waals surface area contributed by atoms with Gasteiger partial charge in [0, 0.05) is 23.2 Å². The molecule has 0 bridgehead atoms. The van der Waals surface area contributed by atoms with Crippen molar-refractivity contribution in [1.29, 1.82) is 0 Å². The first-order valence-corrected chi connectivity index (χ1v) is 12.9. The van der Waals surface area contributed by atoms with Crippen LogP contribution in [0.4, 0.5) is 5.69 Å². The molecule has 0 aromatic heterocycles. The van der Waals surface area contributed by atoms with E-state index in [0.29, 0.717) is 17.0 Å². The van der Waals surface area contributed by atoms with Crippen molar-refractivity contribution in [1.82, 2.24) is 9.62 Å². The minimum atomic E-state index is -3.57. The van der Waals surface area contributed by atoms with Crippen LogP contribution < -0.4 is 15.4 Å². The van der Waals surface area contributed by atoms with E-state index in [1.54, 1.807) is 49.5 Å². The van der Waals surface area contributed by atoms with E-state index < -0.39 is 15.9 Å². The number of sulfonamides is 1. The van der Waals surface area contributed by atoms with Gasteiger partial charge in [-0.25, -0.2) is 8.42 Å². The summed E-state index contributed by atoms with van der Waals surface area (Å²) in [5.41, 5.74) is 0.897. The third-order valence-corrected chi connectivity index (χ3v) is 8.13. The van der Waals surface area contributed by atoms with Crippen LogP contribution in [0.25, 0.3) is 0 Å². The fourth-order valence-corrected chi connectivity index (χ4v) is 5.70. The number of nitrogens with zero attached hydrogens (tertiary/aromatic N) is 1. The molecule has 1 saturated carbocycles. The summed E-state index contributed by atoms with van der Waals surface area (Å²) in [5, 5.41) is 5.60. The van der Waals surface area contributed by atoms with E-state index >= 15 is 0 Å². The van der Waals surface area contributed by atoms with E-state index in [9.17, 15) is 13.2 Å². The second-order valence-electron chi connectivity index (χ2n) is 7.59. The average Bonchev–Trinajstić information content (AvgIpc) is 2.79. The molecule has 2 N–H and O–H groups in total. The normalized spacial score (nSPS) is 14.8. The Kier molecular flexibility index (Phi) is 8.26. The number of carbonyl (C=O) groups is 1. The van der Waals surface area contributed by atoms with Gasteiger partial charge in [-0.2, -0.15) is 4.31 Å². The standard InChI is InChI=1S/C22H26BrN3O4S2/c1-26(17-6-4-3-5-7-17)32(28,29)18-11-9-16(10-12-18)24-22(31)25-21(27)19-14-15(23)8-13-20(19)30-2/h8-14,17H,3-7H2,1-2H3,(H2,24,25,27,31). The summed E-state index contributed by atoms with van der Waals surface area (Å²) in [6.07, 6.45) is 5.07. The number of halogens is 1. The van der Waals surface area contributed by atoms with Crippen LogP contribution in [0.2, 0.25) is 0 Å². The summed E-state index contributed by atoms with van der Waals surface area (Å²) in [5.74, 6) is -0.000833. The lowest BCUT2D eigenvalue weighted by molar-refractivity contribution is 0.0974. The summed E-state index contributed by atoms with van der Waals surface area (Å²) < 4.78 is 33.4. The number of amides is 1. The van der Waals surface area contributed by atoms with Gasteiger partial charge in [-0.05, 0) is 67.5 Å². The van der Waals surface area contributed by atoms with Crippen LogP contribution in [0.5, 0.6) is 5.75 Å². The van der Waals surface area contributed by atoms with E-state index in [4.69, 9.17) is 17.0 Å². The van der Waals surface area contributed by atoms with E-state index in [1.807, 2.05) is 0 Å². The molecule has 0 unspecified atom stereocenters. The maximum absolute atomic E-state index is 13.0. The van der Waals surface area contributed by atoms with E-state index in [2.05, 4.69) is 26.6 Å². The maximum atomic E-state index is 13.0. The molecule has 0 heterocycles. The molecule has 32 heavy (non-hydrogen) atoms. The first-order valence-electron chi connectivity index (χ1n) is 10.3. The number of hydrogen-bond acceptors (Lipinski definition) is 5. The highest BCUT2D eigenvalue weighted by molar-refractivity contribution is 9.10. The van der Waals surface area contributed by atoms with Crippen molar-refractivity contribution in [3.63, 3.8) is 0 Å². The Hall–Kier alpha value is -2.01. The molecule has 0 spiro atoms. The number of benzene rings is 2. The van der Waals surface area contributed by atoms with E-state index in [0.717, 1.165) is 36.6 Å². The number of carbonyl (C=O) groups excluding carboxylic acids is 1. The van der Waals surface area contributed by atoms with Crippen LogP contribution in [-0.4, -0.2) is 43.9 Å². The summed E-state index contributed by atoms with van der Waals surface area (Å²) in [6.45, 7) is 0. The average molecular weight is 541 g/mol. The second-order valence-corrected chi connectivity index (χ2v) is 10.9. The number of rotatable bonds is 6. The zero-order chi connectivity index (χ0) is 23.3. The Morgan fingerprint density at radius 1 is 1.12 bits per heavy atom. The SMILES string of the molecule is COc1ccc(Br)cc1C(=O)NC(=S)Nc1ccc(S(=O)(=O)N(C)C2CCCCC2)cc1. The second kappa shape index (κ2) is 10.7. The lowest BCUT2D eigenvalue weighted by atomic mass is 9.96. The Bertz CT molecular complexity index is 1080. The number of methoxy groups -OCH3 is 1. The van der Waals surface area contributed by atoms with Crippen molar-refractivity contribution >= 4 is 54.9 Å². The Morgan fingerprint density at radius 3 is 2.41 bits per heavy atom. The van der Waals surface area contributed by atoms with Gasteiger partial charge in [-0.3, -0.25) is 10.1 Å². The molecule has 1 amide bonds. The first kappa shape index (κ1) is 24.6. The molecule has 0 aliphatic heterocycles. The number of thiocarbonyl (C=S) groups is 1. The highest BCUT2D eigenvalue weighted by atomic mass is 79.9. The Balaban J connectivity index is 1.64. The van der Waals surface area contributed by atoms with Gasteiger partial charge in [0.1, 0.15) is 5.75 Å². The fourth-order valence-electron chi connectivity index (χ4n) is 3.71. The summed E-state index contributed by atoms with van der Waals surface area (Å²) >= 11 is 8.57. The highest BCUT2D eigenvalue weighted by Gasteiger charge is 2.29. The molecule has 7 nitrogen and oxygen atoms in total. The predicted octanol–water partition coefficient (Wildman–Crippen LogP) is 4.54. The molecule has 2 aromatic rings. The zero-order valence-corrected chi connectivity index (χ0v) is 21.1. The van der Waals surface area contributed by atoms with E-state index in [-0.39, 0.29) is 16.0 Å². The van der Waals surface area contributed by atoms with Gasteiger partial charge in [-0.1, -0.05) is 35.2 Å². The van der Waals surface area contributed by atoms with Crippen molar-refractivity contribution < 1.29 is 17.9 Å². The number of ether oxygens (including phenoxy) is 1. The quantitative estimate of drug-likeness (QED) is 0.524. The van der Waals surface area contributed by atoms with Crippen molar-refractivity contribution in [3.8, 4) is 5.75 Å². The van der Waals surface area contributed by atoms with Crippen LogP contribution in [0, 0.1) is 0 Å². The van der Waals surface area contributed by atoms with Crippen LogP contribution in [0.3, 0.4) is 0 Å². The largest absolute Gasteiger partial charge is 0.496 e. The maximum Gasteiger partial charge on any atom is 0.261 e. The van der Waals surface area contributed by atoms with Crippen LogP contribution >= 0.6 is 28.1 Å². The highest BCUT2D eigenvalue weighted by Crippen LogP contribution is 2.27. The summed E-state index contributed by atoms with van der Waals surface area (Å²) in [4.78, 5) is 12.8. The van der Waals surface area contributed by atoms with Gasteiger partial charge in [0.2, 0.25) is 10.0 Å². The number of hydrogen-bond donors (Lipinski definition) is 2. The molecular weight excluding hydrogens is 514 g/mol. The molecule has 1 fully saturated rings. The first-order chi connectivity index (χ1) is 15.2.